The van der Waals surface area contributed by atoms with Gasteiger partial charge < -0.3 is 9.64 Å². The smallest absolute Gasteiger partial charge is 0.222 e. The second-order valence-electron chi connectivity index (χ2n) is 6.98. The lowest BCUT2D eigenvalue weighted by Gasteiger charge is -2.39. The summed E-state index contributed by atoms with van der Waals surface area (Å²) in [6, 6.07) is 0. The summed E-state index contributed by atoms with van der Waals surface area (Å²) in [6.07, 6.45) is 4.97. The number of ether oxygens (including phenoxy) is 1. The van der Waals surface area contributed by atoms with Crippen molar-refractivity contribution in [3.8, 4) is 0 Å². The number of amides is 1. The van der Waals surface area contributed by atoms with E-state index in [0.29, 0.717) is 17.7 Å². The highest BCUT2D eigenvalue weighted by molar-refractivity contribution is 9.09. The van der Waals surface area contributed by atoms with Crippen molar-refractivity contribution in [2.75, 3.05) is 31.6 Å². The van der Waals surface area contributed by atoms with Crippen LogP contribution in [0, 0.1) is 10.8 Å². The van der Waals surface area contributed by atoms with Gasteiger partial charge in [0.2, 0.25) is 5.91 Å². The molecule has 0 radical (unpaired) electrons. The maximum atomic E-state index is 12.3. The first-order valence-corrected chi connectivity index (χ1v) is 8.50. The molecular formula is C15H26BrNO2. The first-order chi connectivity index (χ1) is 8.96. The van der Waals surface area contributed by atoms with Crippen LogP contribution < -0.4 is 0 Å². The largest absolute Gasteiger partial charge is 0.381 e. The molecule has 2 heterocycles. The fourth-order valence-corrected chi connectivity index (χ4v) is 3.74. The van der Waals surface area contributed by atoms with Gasteiger partial charge in [0.1, 0.15) is 0 Å². The highest BCUT2D eigenvalue weighted by atomic mass is 79.9. The van der Waals surface area contributed by atoms with Crippen LogP contribution in [-0.2, 0) is 9.53 Å². The molecule has 2 saturated heterocycles. The van der Waals surface area contributed by atoms with E-state index in [1.54, 1.807) is 0 Å². The molecule has 0 aromatic rings. The standard InChI is InChI=1S/C15H26BrNO2/c1-14(2)4-3-13(18)17(8-5-14)12-15(11-16)6-9-19-10-7-15/h3-12H2,1-2H3. The van der Waals surface area contributed by atoms with Gasteiger partial charge >= 0.3 is 0 Å². The summed E-state index contributed by atoms with van der Waals surface area (Å²) in [5, 5.41) is 0.969. The molecule has 0 spiro atoms. The van der Waals surface area contributed by atoms with Crippen LogP contribution in [0.5, 0.6) is 0 Å². The van der Waals surface area contributed by atoms with Gasteiger partial charge in [-0.05, 0) is 31.1 Å². The lowest BCUT2D eigenvalue weighted by molar-refractivity contribution is -0.133. The Kier molecular flexibility index (Phi) is 4.93. The van der Waals surface area contributed by atoms with Crippen molar-refractivity contribution in [1.29, 1.82) is 0 Å². The quantitative estimate of drug-likeness (QED) is 0.743. The Bertz CT molecular complexity index is 324. The molecule has 0 bridgehead atoms. The number of hydrogen-bond acceptors (Lipinski definition) is 2. The van der Waals surface area contributed by atoms with Gasteiger partial charge in [0, 0.05) is 43.5 Å². The van der Waals surface area contributed by atoms with Crippen molar-refractivity contribution in [3.63, 3.8) is 0 Å². The number of carbonyl (C=O) groups excluding carboxylic acids is 1. The summed E-state index contributed by atoms with van der Waals surface area (Å²) in [4.78, 5) is 14.4. The minimum Gasteiger partial charge on any atom is -0.381 e. The molecule has 0 aliphatic carbocycles. The van der Waals surface area contributed by atoms with Crippen molar-refractivity contribution in [2.24, 2.45) is 10.8 Å². The summed E-state index contributed by atoms with van der Waals surface area (Å²) < 4.78 is 5.48. The molecular weight excluding hydrogens is 306 g/mol. The Balaban J connectivity index is 2.01. The van der Waals surface area contributed by atoms with Crippen molar-refractivity contribution in [1.82, 2.24) is 4.90 Å². The molecule has 0 saturated carbocycles. The van der Waals surface area contributed by atoms with Gasteiger partial charge in [0.25, 0.3) is 0 Å². The SMILES string of the molecule is CC1(C)CCC(=O)N(CC2(CBr)CCOCC2)CC1. The first kappa shape index (κ1) is 15.3. The minimum absolute atomic E-state index is 0.225. The summed E-state index contributed by atoms with van der Waals surface area (Å²) in [5.74, 6) is 0.345. The number of hydrogen-bond donors (Lipinski definition) is 0. The Morgan fingerprint density at radius 2 is 1.89 bits per heavy atom. The van der Waals surface area contributed by atoms with Crippen LogP contribution in [-0.4, -0.2) is 42.4 Å². The van der Waals surface area contributed by atoms with E-state index in [0.717, 1.165) is 57.3 Å². The van der Waals surface area contributed by atoms with Gasteiger partial charge in [-0.2, -0.15) is 0 Å². The summed E-state index contributed by atoms with van der Waals surface area (Å²) in [5.41, 5.74) is 0.532. The van der Waals surface area contributed by atoms with Gasteiger partial charge in [-0.15, -0.1) is 0 Å². The maximum Gasteiger partial charge on any atom is 0.222 e. The van der Waals surface area contributed by atoms with Crippen LogP contribution >= 0.6 is 15.9 Å². The molecule has 0 unspecified atom stereocenters. The number of carbonyl (C=O) groups is 1. The third kappa shape index (κ3) is 3.94. The number of nitrogens with zero attached hydrogens (tertiary/aromatic N) is 1. The molecule has 19 heavy (non-hydrogen) atoms. The van der Waals surface area contributed by atoms with E-state index in [9.17, 15) is 4.79 Å². The van der Waals surface area contributed by atoms with E-state index < -0.39 is 0 Å². The molecule has 2 fully saturated rings. The highest BCUT2D eigenvalue weighted by Crippen LogP contribution is 2.36. The zero-order chi connectivity index (χ0) is 13.9. The molecule has 0 aromatic heterocycles. The lowest BCUT2D eigenvalue weighted by atomic mass is 9.81. The Hall–Kier alpha value is -0.0900. The molecule has 2 aliphatic heterocycles. The zero-order valence-corrected chi connectivity index (χ0v) is 13.8. The topological polar surface area (TPSA) is 29.5 Å². The molecule has 0 aromatic carbocycles. The van der Waals surface area contributed by atoms with E-state index in [4.69, 9.17) is 4.74 Å². The predicted molar refractivity (Wildman–Crippen MR) is 80.5 cm³/mol. The van der Waals surface area contributed by atoms with Crippen LogP contribution in [0.1, 0.15) is 46.0 Å². The van der Waals surface area contributed by atoms with E-state index in [1.807, 2.05) is 0 Å². The van der Waals surface area contributed by atoms with Gasteiger partial charge in [0.15, 0.2) is 0 Å². The maximum absolute atomic E-state index is 12.3. The van der Waals surface area contributed by atoms with Crippen molar-refractivity contribution < 1.29 is 9.53 Å². The van der Waals surface area contributed by atoms with Crippen LogP contribution in [0.3, 0.4) is 0 Å². The second-order valence-corrected chi connectivity index (χ2v) is 7.54. The Morgan fingerprint density at radius 1 is 1.21 bits per heavy atom. The highest BCUT2D eigenvalue weighted by Gasteiger charge is 2.36. The van der Waals surface area contributed by atoms with Crippen LogP contribution in [0.15, 0.2) is 0 Å². The number of halogens is 1. The Labute approximate surface area is 125 Å². The predicted octanol–water partition coefficient (Wildman–Crippen LogP) is 3.22. The number of alkyl halides is 1. The first-order valence-electron chi connectivity index (χ1n) is 7.38. The van der Waals surface area contributed by atoms with E-state index in [2.05, 4.69) is 34.7 Å². The van der Waals surface area contributed by atoms with Crippen LogP contribution in [0.25, 0.3) is 0 Å². The third-order valence-corrected chi connectivity index (χ3v) is 5.98. The second kappa shape index (κ2) is 6.13. The summed E-state index contributed by atoms with van der Waals surface area (Å²) in [7, 11) is 0. The number of likely N-dealkylation sites (tertiary alicyclic amines) is 1. The summed E-state index contributed by atoms with van der Waals surface area (Å²) in [6.45, 7) is 8.03. The minimum atomic E-state index is 0.225. The van der Waals surface area contributed by atoms with Crippen molar-refractivity contribution in [3.05, 3.63) is 0 Å². The molecule has 4 heteroatoms. The fraction of sp³-hybridized carbons (Fsp3) is 0.933. The van der Waals surface area contributed by atoms with Gasteiger partial charge in [-0.1, -0.05) is 29.8 Å². The molecule has 0 N–H and O–H groups in total. The van der Waals surface area contributed by atoms with E-state index >= 15 is 0 Å². The molecule has 0 atom stereocenters. The monoisotopic (exact) mass is 331 g/mol. The lowest BCUT2D eigenvalue weighted by Crippen LogP contribution is -2.45. The van der Waals surface area contributed by atoms with E-state index in [1.165, 1.54) is 0 Å². The van der Waals surface area contributed by atoms with E-state index in [-0.39, 0.29) is 5.41 Å². The third-order valence-electron chi connectivity index (χ3n) is 4.79. The zero-order valence-electron chi connectivity index (χ0n) is 12.2. The molecule has 2 aliphatic rings. The van der Waals surface area contributed by atoms with Gasteiger partial charge in [-0.25, -0.2) is 0 Å². The molecule has 2 rings (SSSR count). The molecule has 110 valence electrons. The van der Waals surface area contributed by atoms with Crippen LogP contribution in [0.4, 0.5) is 0 Å². The number of rotatable bonds is 3. The molecule has 3 nitrogen and oxygen atoms in total. The molecule has 1 amide bonds. The van der Waals surface area contributed by atoms with Gasteiger partial charge in [-0.3, -0.25) is 4.79 Å². The fourth-order valence-electron chi connectivity index (χ4n) is 3.00. The van der Waals surface area contributed by atoms with Crippen molar-refractivity contribution in [2.45, 2.75) is 46.0 Å². The van der Waals surface area contributed by atoms with Crippen LogP contribution in [0.2, 0.25) is 0 Å². The van der Waals surface area contributed by atoms with Crippen molar-refractivity contribution >= 4 is 21.8 Å². The average Bonchev–Trinajstić information content (AvgIpc) is 2.53. The summed E-state index contributed by atoms with van der Waals surface area (Å²) >= 11 is 3.66. The normalized spacial score (nSPS) is 27.1. The average molecular weight is 332 g/mol. The van der Waals surface area contributed by atoms with Gasteiger partial charge in [0.05, 0.1) is 0 Å². The Morgan fingerprint density at radius 3 is 2.53 bits per heavy atom.